The first kappa shape index (κ1) is 28.1. The van der Waals surface area contributed by atoms with Crippen molar-refractivity contribution in [2.75, 3.05) is 33.2 Å². The van der Waals surface area contributed by atoms with E-state index in [-0.39, 0.29) is 28.9 Å². The van der Waals surface area contributed by atoms with Crippen LogP contribution in [0.15, 0.2) is 34.2 Å². The highest BCUT2D eigenvalue weighted by Crippen LogP contribution is 2.12. The predicted octanol–water partition coefficient (Wildman–Crippen LogP) is 2.78. The molecule has 0 saturated heterocycles. The summed E-state index contributed by atoms with van der Waals surface area (Å²) in [5.74, 6) is 0.750. The number of nitrogens with one attached hydrogen (secondary N) is 3. The van der Waals surface area contributed by atoms with Gasteiger partial charge in [-0.2, -0.15) is 0 Å². The van der Waals surface area contributed by atoms with Gasteiger partial charge >= 0.3 is 0 Å². The van der Waals surface area contributed by atoms with Gasteiger partial charge in [-0.1, -0.05) is 26.0 Å². The minimum atomic E-state index is -3.44. The molecule has 0 bridgehead atoms. The monoisotopic (exact) mass is 539 g/mol. The van der Waals surface area contributed by atoms with Gasteiger partial charge in [0.15, 0.2) is 5.96 Å². The van der Waals surface area contributed by atoms with Crippen LogP contribution < -0.4 is 15.4 Å². The molecule has 0 aliphatic rings. The molecule has 0 heterocycles. The second-order valence-corrected chi connectivity index (χ2v) is 8.65. The van der Waals surface area contributed by atoms with Crippen LogP contribution in [0, 0.1) is 0 Å². The minimum Gasteiger partial charge on any atom is -0.357 e. The first-order chi connectivity index (χ1) is 13.4. The van der Waals surface area contributed by atoms with Crippen LogP contribution in [0.1, 0.15) is 46.1 Å². The van der Waals surface area contributed by atoms with Crippen LogP contribution in [0.3, 0.4) is 0 Å². The van der Waals surface area contributed by atoms with Crippen molar-refractivity contribution in [2.24, 2.45) is 4.99 Å². The summed E-state index contributed by atoms with van der Waals surface area (Å²) < 4.78 is 26.3. The highest BCUT2D eigenvalue weighted by Gasteiger charge is 2.11. The third kappa shape index (κ3) is 10.6. The quantitative estimate of drug-likeness (QED) is 0.216. The summed E-state index contributed by atoms with van der Waals surface area (Å²) >= 11 is 0. The van der Waals surface area contributed by atoms with Crippen LogP contribution in [-0.2, 0) is 16.6 Å². The van der Waals surface area contributed by atoms with Gasteiger partial charge in [-0.05, 0) is 71.1 Å². The number of aliphatic imine (C=N–C) groups is 1. The average Bonchev–Trinajstić information content (AvgIpc) is 2.70. The lowest BCUT2D eigenvalue weighted by Crippen LogP contribution is -2.42. The molecule has 0 aromatic heterocycles. The Labute approximate surface area is 194 Å². The van der Waals surface area contributed by atoms with Crippen LogP contribution in [0.4, 0.5) is 0 Å². The third-order valence-corrected chi connectivity index (χ3v) is 6.04. The zero-order valence-electron chi connectivity index (χ0n) is 18.4. The molecular weight excluding hydrogens is 501 g/mol. The number of hydrogen-bond donors (Lipinski definition) is 3. The average molecular weight is 540 g/mol. The second kappa shape index (κ2) is 15.0. The Morgan fingerprint density at radius 3 is 2.48 bits per heavy atom. The molecule has 0 saturated carbocycles. The summed E-state index contributed by atoms with van der Waals surface area (Å²) in [6.07, 6.45) is 2.20. The summed E-state index contributed by atoms with van der Waals surface area (Å²) in [5, 5.41) is 6.70. The number of rotatable bonds is 12. The Morgan fingerprint density at radius 1 is 1.21 bits per heavy atom. The van der Waals surface area contributed by atoms with Crippen molar-refractivity contribution < 1.29 is 8.42 Å². The smallest absolute Gasteiger partial charge is 0.240 e. The van der Waals surface area contributed by atoms with E-state index in [0.29, 0.717) is 12.6 Å². The van der Waals surface area contributed by atoms with Gasteiger partial charge < -0.3 is 15.5 Å². The van der Waals surface area contributed by atoms with Crippen LogP contribution in [0.5, 0.6) is 0 Å². The van der Waals surface area contributed by atoms with Gasteiger partial charge in [-0.15, -0.1) is 24.0 Å². The summed E-state index contributed by atoms with van der Waals surface area (Å²) in [6.45, 7) is 13.0. The first-order valence-corrected chi connectivity index (χ1v) is 11.6. The maximum absolute atomic E-state index is 12.0. The van der Waals surface area contributed by atoms with E-state index < -0.39 is 10.0 Å². The van der Waals surface area contributed by atoms with Crippen LogP contribution in [0.25, 0.3) is 0 Å². The fourth-order valence-corrected chi connectivity index (χ4v) is 3.69. The maximum Gasteiger partial charge on any atom is 0.240 e. The van der Waals surface area contributed by atoms with Gasteiger partial charge in [0.1, 0.15) is 0 Å². The molecule has 0 aliphatic heterocycles. The zero-order chi connectivity index (χ0) is 21.0. The highest BCUT2D eigenvalue weighted by atomic mass is 127. The lowest BCUT2D eigenvalue weighted by Gasteiger charge is -2.21. The van der Waals surface area contributed by atoms with Crippen molar-refractivity contribution in [1.29, 1.82) is 0 Å². The van der Waals surface area contributed by atoms with Gasteiger partial charge in [0, 0.05) is 12.6 Å². The Kier molecular flexibility index (Phi) is 14.5. The van der Waals surface area contributed by atoms with Crippen LogP contribution in [-0.4, -0.2) is 58.5 Å². The SMILES string of the molecule is CCNC(=NCc1cccc(S(=O)(=O)NC)c1)NC(C)CCCN(CC)CC.I. The molecule has 1 atom stereocenters. The second-order valence-electron chi connectivity index (χ2n) is 6.76. The topological polar surface area (TPSA) is 85.8 Å². The fourth-order valence-electron chi connectivity index (χ4n) is 2.89. The lowest BCUT2D eigenvalue weighted by atomic mass is 10.2. The van der Waals surface area contributed by atoms with Crippen molar-refractivity contribution >= 4 is 40.0 Å². The van der Waals surface area contributed by atoms with E-state index in [1.807, 2.05) is 13.0 Å². The van der Waals surface area contributed by atoms with Crippen LogP contribution in [0.2, 0.25) is 0 Å². The Balaban J connectivity index is 0.00000784. The molecule has 1 aromatic rings. The zero-order valence-corrected chi connectivity index (χ0v) is 21.5. The lowest BCUT2D eigenvalue weighted by molar-refractivity contribution is 0.292. The molecule has 1 aromatic carbocycles. The van der Waals surface area contributed by atoms with Crippen molar-refractivity contribution in [2.45, 2.75) is 58.0 Å². The number of guanidine groups is 1. The minimum absolute atomic E-state index is 0. The van der Waals surface area contributed by atoms with E-state index in [1.165, 1.54) is 7.05 Å². The van der Waals surface area contributed by atoms with Crippen molar-refractivity contribution in [3.63, 3.8) is 0 Å². The van der Waals surface area contributed by atoms with E-state index in [2.05, 4.69) is 46.0 Å². The largest absolute Gasteiger partial charge is 0.357 e. The maximum atomic E-state index is 12.0. The summed E-state index contributed by atoms with van der Waals surface area (Å²) in [7, 11) is -2.03. The van der Waals surface area contributed by atoms with E-state index in [1.54, 1.807) is 18.2 Å². The van der Waals surface area contributed by atoms with Gasteiger partial charge in [-0.3, -0.25) is 0 Å². The fraction of sp³-hybridized carbons (Fsp3) is 0.650. The molecule has 0 amide bonds. The summed E-state index contributed by atoms with van der Waals surface area (Å²) in [5.41, 5.74) is 0.850. The van der Waals surface area contributed by atoms with Gasteiger partial charge in [0.05, 0.1) is 11.4 Å². The molecular formula is C20H38IN5O2S. The molecule has 7 nitrogen and oxygen atoms in total. The molecule has 29 heavy (non-hydrogen) atoms. The third-order valence-electron chi connectivity index (χ3n) is 4.63. The Hall–Kier alpha value is -0.910. The molecule has 168 valence electrons. The van der Waals surface area contributed by atoms with Crippen LogP contribution >= 0.6 is 24.0 Å². The summed E-state index contributed by atoms with van der Waals surface area (Å²) in [6, 6.07) is 7.18. The number of nitrogens with zero attached hydrogens (tertiary/aromatic N) is 2. The van der Waals surface area contributed by atoms with Crippen molar-refractivity contribution in [1.82, 2.24) is 20.3 Å². The molecule has 9 heteroatoms. The molecule has 0 aliphatic carbocycles. The van der Waals surface area contributed by atoms with Gasteiger partial charge in [-0.25, -0.2) is 18.1 Å². The number of hydrogen-bond acceptors (Lipinski definition) is 4. The molecule has 1 rings (SSSR count). The number of benzene rings is 1. The molecule has 0 fully saturated rings. The predicted molar refractivity (Wildman–Crippen MR) is 133 cm³/mol. The standard InChI is InChI=1S/C20H37N5O2S.HI/c1-6-22-20(24-17(4)11-10-14-25(7-2)8-3)23-16-18-12-9-13-19(15-18)28(26,27)21-5;/h9,12-13,15,17,21H,6-8,10-11,14,16H2,1-5H3,(H2,22,23,24);1H. The first-order valence-electron chi connectivity index (χ1n) is 10.2. The molecule has 0 spiro atoms. The Bertz CT molecular complexity index is 709. The van der Waals surface area contributed by atoms with E-state index >= 15 is 0 Å². The normalized spacial score (nSPS) is 13.1. The van der Waals surface area contributed by atoms with E-state index in [9.17, 15) is 8.42 Å². The van der Waals surface area contributed by atoms with E-state index in [4.69, 9.17) is 0 Å². The van der Waals surface area contributed by atoms with E-state index in [0.717, 1.165) is 50.5 Å². The van der Waals surface area contributed by atoms with Crippen molar-refractivity contribution in [3.8, 4) is 0 Å². The van der Waals surface area contributed by atoms with Gasteiger partial charge in [0.25, 0.3) is 0 Å². The highest BCUT2D eigenvalue weighted by molar-refractivity contribution is 14.0. The number of halogens is 1. The van der Waals surface area contributed by atoms with Crippen molar-refractivity contribution in [3.05, 3.63) is 29.8 Å². The molecule has 3 N–H and O–H groups in total. The van der Waals surface area contributed by atoms with Gasteiger partial charge in [0.2, 0.25) is 10.0 Å². The summed E-state index contributed by atoms with van der Waals surface area (Å²) in [4.78, 5) is 7.30. The Morgan fingerprint density at radius 2 is 1.90 bits per heavy atom. The number of sulfonamides is 1. The molecule has 1 unspecified atom stereocenters. The molecule has 0 radical (unpaired) electrons.